The van der Waals surface area contributed by atoms with Crippen molar-refractivity contribution in [3.63, 3.8) is 0 Å². The average molecular weight is 516 g/mol. The Kier molecular flexibility index (Phi) is 12.7. The maximum absolute atomic E-state index is 12.1. The molecule has 0 aromatic heterocycles. The number of carbonyl (C=O) groups excluding carboxylic acids is 1. The van der Waals surface area contributed by atoms with Crippen molar-refractivity contribution in [2.75, 3.05) is 32.8 Å². The van der Waals surface area contributed by atoms with Gasteiger partial charge in [-0.05, 0) is 57.2 Å². The summed E-state index contributed by atoms with van der Waals surface area (Å²) < 4.78 is 5.60. The summed E-state index contributed by atoms with van der Waals surface area (Å²) in [6.45, 7) is 10.8. The third kappa shape index (κ3) is 9.23. The van der Waals surface area contributed by atoms with E-state index in [1.165, 1.54) is 6.42 Å². The zero-order chi connectivity index (χ0) is 20.2. The SMILES string of the molecule is CCNC(=NCc1ccc(OCC)c(C)c1)NCCCN1CCCCCC1=O.I. The molecule has 0 atom stereocenters. The summed E-state index contributed by atoms with van der Waals surface area (Å²) in [6.07, 6.45) is 4.97. The largest absolute Gasteiger partial charge is 0.494 e. The Hall–Kier alpha value is -1.51. The van der Waals surface area contributed by atoms with E-state index in [1.54, 1.807) is 0 Å². The van der Waals surface area contributed by atoms with Crippen LogP contribution in [0.2, 0.25) is 0 Å². The van der Waals surface area contributed by atoms with Crippen molar-refractivity contribution in [2.45, 2.75) is 59.4 Å². The predicted molar refractivity (Wildman–Crippen MR) is 130 cm³/mol. The van der Waals surface area contributed by atoms with Crippen molar-refractivity contribution in [1.82, 2.24) is 15.5 Å². The lowest BCUT2D eigenvalue weighted by atomic mass is 10.1. The van der Waals surface area contributed by atoms with Crippen LogP contribution in [0.25, 0.3) is 0 Å². The molecule has 1 amide bonds. The van der Waals surface area contributed by atoms with Crippen LogP contribution in [0.5, 0.6) is 5.75 Å². The highest BCUT2D eigenvalue weighted by molar-refractivity contribution is 14.0. The number of likely N-dealkylation sites (tertiary alicyclic amines) is 1. The van der Waals surface area contributed by atoms with Gasteiger partial charge in [0.25, 0.3) is 0 Å². The molecule has 1 saturated heterocycles. The third-order valence-corrected chi connectivity index (χ3v) is 4.87. The first kappa shape index (κ1) is 25.5. The fraction of sp³-hybridized carbons (Fsp3) is 0.636. The van der Waals surface area contributed by atoms with E-state index in [2.05, 4.69) is 41.6 Å². The van der Waals surface area contributed by atoms with Gasteiger partial charge >= 0.3 is 0 Å². The smallest absolute Gasteiger partial charge is 0.222 e. The average Bonchev–Trinajstić information content (AvgIpc) is 2.89. The number of guanidine groups is 1. The van der Waals surface area contributed by atoms with Gasteiger partial charge in [0.1, 0.15) is 5.75 Å². The summed E-state index contributed by atoms with van der Waals surface area (Å²) in [4.78, 5) is 18.8. The second-order valence-corrected chi connectivity index (χ2v) is 7.20. The van der Waals surface area contributed by atoms with Crippen LogP contribution in [0, 0.1) is 6.92 Å². The van der Waals surface area contributed by atoms with E-state index >= 15 is 0 Å². The third-order valence-electron chi connectivity index (χ3n) is 4.87. The van der Waals surface area contributed by atoms with Crippen molar-refractivity contribution < 1.29 is 9.53 Å². The van der Waals surface area contributed by atoms with E-state index in [1.807, 2.05) is 17.9 Å². The van der Waals surface area contributed by atoms with Gasteiger partial charge < -0.3 is 20.3 Å². The van der Waals surface area contributed by atoms with Gasteiger partial charge in [-0.3, -0.25) is 4.79 Å². The molecule has 1 aliphatic heterocycles. The number of amides is 1. The molecule has 0 radical (unpaired) electrons. The van der Waals surface area contributed by atoms with E-state index in [-0.39, 0.29) is 24.0 Å². The fourth-order valence-electron chi connectivity index (χ4n) is 3.39. The molecule has 1 aromatic carbocycles. The number of nitrogens with one attached hydrogen (secondary N) is 2. The van der Waals surface area contributed by atoms with Gasteiger partial charge in [-0.1, -0.05) is 18.6 Å². The Morgan fingerprint density at radius 3 is 2.76 bits per heavy atom. The van der Waals surface area contributed by atoms with Gasteiger partial charge in [-0.2, -0.15) is 0 Å². The van der Waals surface area contributed by atoms with Crippen LogP contribution in [0.15, 0.2) is 23.2 Å². The van der Waals surface area contributed by atoms with E-state index in [4.69, 9.17) is 4.74 Å². The summed E-state index contributed by atoms with van der Waals surface area (Å²) in [6, 6.07) is 6.21. The standard InChI is InChI=1S/C22H36N4O2.HI/c1-4-23-22(24-13-9-15-26-14-8-6-7-10-21(26)27)25-17-19-11-12-20(28-5-2)18(3)16-19;/h11-12,16H,4-10,13-15,17H2,1-3H3,(H2,23,24,25);1H. The molecule has 0 saturated carbocycles. The number of carbonyl (C=O) groups is 1. The number of ether oxygens (including phenoxy) is 1. The van der Waals surface area contributed by atoms with E-state index in [0.29, 0.717) is 25.5 Å². The first-order valence-corrected chi connectivity index (χ1v) is 10.7. The van der Waals surface area contributed by atoms with E-state index in [9.17, 15) is 4.79 Å². The molecule has 7 heteroatoms. The minimum absolute atomic E-state index is 0. The number of nitrogens with zero attached hydrogens (tertiary/aromatic N) is 2. The maximum atomic E-state index is 12.1. The minimum Gasteiger partial charge on any atom is -0.494 e. The summed E-state index contributed by atoms with van der Waals surface area (Å²) in [5.74, 6) is 2.06. The molecular weight excluding hydrogens is 479 g/mol. The van der Waals surface area contributed by atoms with Gasteiger partial charge in [-0.25, -0.2) is 4.99 Å². The monoisotopic (exact) mass is 516 g/mol. The number of hydrogen-bond acceptors (Lipinski definition) is 3. The van der Waals surface area contributed by atoms with Crippen molar-refractivity contribution in [3.05, 3.63) is 29.3 Å². The maximum Gasteiger partial charge on any atom is 0.222 e. The van der Waals surface area contributed by atoms with E-state index < -0.39 is 0 Å². The molecule has 0 aliphatic carbocycles. The second kappa shape index (κ2) is 14.5. The Labute approximate surface area is 192 Å². The lowest BCUT2D eigenvalue weighted by molar-refractivity contribution is -0.130. The van der Waals surface area contributed by atoms with Crippen LogP contribution in [-0.2, 0) is 11.3 Å². The van der Waals surface area contributed by atoms with Crippen molar-refractivity contribution in [1.29, 1.82) is 0 Å². The Bertz CT molecular complexity index is 652. The van der Waals surface area contributed by atoms with Crippen molar-refractivity contribution in [2.24, 2.45) is 4.99 Å². The molecule has 2 N–H and O–H groups in total. The molecule has 2 rings (SSSR count). The molecule has 1 heterocycles. The van der Waals surface area contributed by atoms with Gasteiger partial charge in [0.15, 0.2) is 5.96 Å². The first-order chi connectivity index (χ1) is 13.6. The highest BCUT2D eigenvalue weighted by Gasteiger charge is 2.15. The zero-order valence-electron chi connectivity index (χ0n) is 18.1. The summed E-state index contributed by atoms with van der Waals surface area (Å²) >= 11 is 0. The Morgan fingerprint density at radius 2 is 2.03 bits per heavy atom. The number of hydrogen-bond donors (Lipinski definition) is 2. The Morgan fingerprint density at radius 1 is 1.21 bits per heavy atom. The molecular formula is C22H37IN4O2. The molecule has 0 unspecified atom stereocenters. The molecule has 0 spiro atoms. The highest BCUT2D eigenvalue weighted by atomic mass is 127. The topological polar surface area (TPSA) is 66.0 Å². The number of aliphatic imine (C=N–C) groups is 1. The molecule has 29 heavy (non-hydrogen) atoms. The lowest BCUT2D eigenvalue weighted by Crippen LogP contribution is -2.39. The quantitative estimate of drug-likeness (QED) is 0.227. The number of halogens is 1. The molecule has 1 aliphatic rings. The zero-order valence-corrected chi connectivity index (χ0v) is 20.5. The molecule has 6 nitrogen and oxygen atoms in total. The molecule has 164 valence electrons. The summed E-state index contributed by atoms with van der Waals surface area (Å²) in [7, 11) is 0. The molecule has 1 aromatic rings. The van der Waals surface area contributed by atoms with Crippen LogP contribution in [0.4, 0.5) is 0 Å². The lowest BCUT2D eigenvalue weighted by Gasteiger charge is -2.20. The first-order valence-electron chi connectivity index (χ1n) is 10.7. The Balaban J connectivity index is 0.00000420. The highest BCUT2D eigenvalue weighted by Crippen LogP contribution is 2.19. The minimum atomic E-state index is 0. The van der Waals surface area contributed by atoms with Gasteiger partial charge in [-0.15, -0.1) is 24.0 Å². The van der Waals surface area contributed by atoms with Crippen LogP contribution >= 0.6 is 24.0 Å². The van der Waals surface area contributed by atoms with Crippen LogP contribution in [0.1, 0.15) is 57.1 Å². The van der Waals surface area contributed by atoms with Gasteiger partial charge in [0.2, 0.25) is 5.91 Å². The molecule has 1 fully saturated rings. The predicted octanol–water partition coefficient (Wildman–Crippen LogP) is 3.86. The van der Waals surface area contributed by atoms with Crippen LogP contribution in [0.3, 0.4) is 0 Å². The number of benzene rings is 1. The second-order valence-electron chi connectivity index (χ2n) is 7.20. The summed E-state index contributed by atoms with van der Waals surface area (Å²) in [5.41, 5.74) is 2.29. The summed E-state index contributed by atoms with van der Waals surface area (Å²) in [5, 5.41) is 6.67. The van der Waals surface area contributed by atoms with Crippen molar-refractivity contribution >= 4 is 35.8 Å². The van der Waals surface area contributed by atoms with Gasteiger partial charge in [0, 0.05) is 32.6 Å². The normalized spacial score (nSPS) is 14.8. The van der Waals surface area contributed by atoms with Crippen molar-refractivity contribution in [3.8, 4) is 5.75 Å². The van der Waals surface area contributed by atoms with Crippen LogP contribution < -0.4 is 15.4 Å². The number of aryl methyl sites for hydroxylation is 1. The molecule has 0 bridgehead atoms. The van der Waals surface area contributed by atoms with E-state index in [0.717, 1.165) is 68.3 Å². The number of rotatable bonds is 9. The van der Waals surface area contributed by atoms with Gasteiger partial charge in [0.05, 0.1) is 13.2 Å². The fourth-order valence-corrected chi connectivity index (χ4v) is 3.39. The van der Waals surface area contributed by atoms with Crippen LogP contribution in [-0.4, -0.2) is 49.6 Å².